The van der Waals surface area contributed by atoms with Crippen molar-refractivity contribution in [2.24, 2.45) is 22.7 Å². The third kappa shape index (κ3) is 6.01. The summed E-state index contributed by atoms with van der Waals surface area (Å²) in [6.07, 6.45) is -4.27. The number of alkyl halides is 3. The topological polar surface area (TPSA) is 114 Å². The fraction of sp³-hybridized carbons (Fsp3) is 0.833. The van der Waals surface area contributed by atoms with Crippen LogP contribution in [0.15, 0.2) is 0 Å². The summed E-state index contributed by atoms with van der Waals surface area (Å²) in [5.41, 5.74) is -0.892. The Labute approximate surface area is 208 Å². The van der Waals surface area contributed by atoms with Crippen LogP contribution >= 0.6 is 0 Å². The number of hydrogen-bond donors (Lipinski definition) is 2. The zero-order valence-corrected chi connectivity index (χ0v) is 21.5. The average Bonchev–Trinajstić information content (AvgIpc) is 3.22. The van der Waals surface area contributed by atoms with Gasteiger partial charge in [-0.25, -0.2) is 0 Å². The van der Waals surface area contributed by atoms with E-state index in [-0.39, 0.29) is 23.2 Å². The highest BCUT2D eigenvalue weighted by atomic mass is 19.4. The fourth-order valence-corrected chi connectivity index (χ4v) is 5.30. The second-order valence-electron chi connectivity index (χ2n) is 11.6. The van der Waals surface area contributed by atoms with Crippen molar-refractivity contribution in [3.05, 3.63) is 0 Å². The van der Waals surface area contributed by atoms with Crippen molar-refractivity contribution in [3.63, 3.8) is 0 Å². The third-order valence-electron chi connectivity index (χ3n) is 7.60. The van der Waals surface area contributed by atoms with Crippen LogP contribution in [0.5, 0.6) is 0 Å². The van der Waals surface area contributed by atoms with E-state index >= 15 is 0 Å². The van der Waals surface area contributed by atoms with Crippen LogP contribution in [0.25, 0.3) is 0 Å². The Hall–Kier alpha value is -2.21. The summed E-state index contributed by atoms with van der Waals surface area (Å²) < 4.78 is 45.9. The van der Waals surface area contributed by atoms with Crippen LogP contribution in [-0.4, -0.2) is 78.8 Å². The summed E-state index contributed by atoms with van der Waals surface area (Å²) in [5.74, 6) is -2.49. The van der Waals surface area contributed by atoms with E-state index in [4.69, 9.17) is 4.74 Å². The Balaban J connectivity index is 1.75. The van der Waals surface area contributed by atoms with Gasteiger partial charge in [-0.15, -0.1) is 13.2 Å². The monoisotopic (exact) mass is 519 g/mol. The van der Waals surface area contributed by atoms with Crippen LogP contribution in [0.1, 0.15) is 54.4 Å². The van der Waals surface area contributed by atoms with E-state index in [1.165, 1.54) is 11.8 Å². The van der Waals surface area contributed by atoms with Crippen molar-refractivity contribution in [3.8, 4) is 0 Å². The standard InChI is InChI=1S/C24H36F3N3O6/c1-12(14(31)11-36-24(25,26)27)28-20(33)17-16-13(23(16,5)6)10-30(17)21(34)18(22(2,3)4)29-19(32)15-8-7-9-35-15/h12-13,15-18H,7-11H2,1-6H3,(H,28,33)(H,29,32)/t12-,13-,15+,16-,17-,18+/m0/s1. The molecule has 3 amide bonds. The number of carbonyl (C=O) groups is 4. The molecule has 2 heterocycles. The number of rotatable bonds is 8. The van der Waals surface area contributed by atoms with Gasteiger partial charge in [0, 0.05) is 13.2 Å². The van der Waals surface area contributed by atoms with Crippen molar-refractivity contribution < 1.29 is 41.8 Å². The first-order chi connectivity index (χ1) is 16.4. The van der Waals surface area contributed by atoms with Crippen LogP contribution in [0.2, 0.25) is 0 Å². The number of amides is 3. The minimum absolute atomic E-state index is 0.0475. The van der Waals surface area contributed by atoms with Crippen molar-refractivity contribution >= 4 is 23.5 Å². The molecular formula is C24H36F3N3O6. The van der Waals surface area contributed by atoms with Gasteiger partial charge in [0.15, 0.2) is 5.78 Å². The SMILES string of the molecule is C[C@H](NC(=O)[C@@H]1[C@@H]2[C@H](CN1C(=O)[C@@H](NC(=O)[C@H]1CCCO1)C(C)(C)C)C2(C)C)C(=O)COC(F)(F)F. The highest BCUT2D eigenvalue weighted by Crippen LogP contribution is 2.65. The number of nitrogens with zero attached hydrogens (tertiary/aromatic N) is 1. The van der Waals surface area contributed by atoms with Crippen LogP contribution in [0.3, 0.4) is 0 Å². The van der Waals surface area contributed by atoms with E-state index in [1.54, 1.807) is 0 Å². The lowest BCUT2D eigenvalue weighted by Gasteiger charge is -2.38. The van der Waals surface area contributed by atoms with E-state index in [1.807, 2.05) is 34.6 Å². The highest BCUT2D eigenvalue weighted by molar-refractivity contribution is 5.96. The van der Waals surface area contributed by atoms with E-state index in [9.17, 15) is 32.3 Å². The first-order valence-electron chi connectivity index (χ1n) is 12.2. The van der Waals surface area contributed by atoms with E-state index in [2.05, 4.69) is 15.4 Å². The van der Waals surface area contributed by atoms with Gasteiger partial charge in [0.2, 0.25) is 17.7 Å². The molecule has 0 aromatic heterocycles. The summed E-state index contributed by atoms with van der Waals surface area (Å²) in [5, 5.41) is 5.27. The molecule has 1 saturated carbocycles. The third-order valence-corrected chi connectivity index (χ3v) is 7.60. The molecule has 36 heavy (non-hydrogen) atoms. The molecule has 12 heteroatoms. The number of hydrogen-bond acceptors (Lipinski definition) is 6. The minimum Gasteiger partial charge on any atom is -0.368 e. The first kappa shape index (κ1) is 28.4. The zero-order valence-electron chi connectivity index (χ0n) is 21.5. The van der Waals surface area contributed by atoms with Gasteiger partial charge in [0.1, 0.15) is 24.8 Å². The van der Waals surface area contributed by atoms with Crippen LogP contribution < -0.4 is 10.6 Å². The summed E-state index contributed by atoms with van der Waals surface area (Å²) in [6.45, 7) is 10.2. The lowest BCUT2D eigenvalue weighted by Crippen LogP contribution is -2.60. The number of likely N-dealkylation sites (tertiary alicyclic amines) is 1. The molecule has 0 unspecified atom stereocenters. The Morgan fingerprint density at radius 3 is 2.28 bits per heavy atom. The molecule has 3 fully saturated rings. The molecule has 3 rings (SSSR count). The van der Waals surface area contributed by atoms with Gasteiger partial charge < -0.3 is 20.3 Å². The van der Waals surface area contributed by atoms with Gasteiger partial charge in [-0.2, -0.15) is 0 Å². The first-order valence-corrected chi connectivity index (χ1v) is 12.2. The van der Waals surface area contributed by atoms with Gasteiger partial charge >= 0.3 is 6.36 Å². The maximum atomic E-state index is 13.7. The van der Waals surface area contributed by atoms with Gasteiger partial charge in [0.05, 0.1) is 6.04 Å². The normalized spacial score (nSPS) is 28.8. The maximum absolute atomic E-state index is 13.7. The number of nitrogens with one attached hydrogen (secondary N) is 2. The number of Topliss-reactive ketones (excluding diaryl/α,β-unsaturated/α-hetero) is 1. The molecule has 2 aliphatic heterocycles. The van der Waals surface area contributed by atoms with E-state index in [0.29, 0.717) is 19.6 Å². The molecule has 0 aromatic carbocycles. The Kier molecular flexibility index (Phi) is 7.82. The molecule has 0 spiro atoms. The number of piperidine rings is 1. The van der Waals surface area contributed by atoms with Crippen LogP contribution in [-0.2, 0) is 28.7 Å². The quantitative estimate of drug-likeness (QED) is 0.506. The molecule has 0 bridgehead atoms. The highest BCUT2D eigenvalue weighted by Gasteiger charge is 2.69. The number of ether oxygens (including phenoxy) is 2. The lowest BCUT2D eigenvalue weighted by atomic mass is 9.85. The molecule has 204 valence electrons. The molecule has 1 aliphatic carbocycles. The largest absolute Gasteiger partial charge is 0.522 e. The molecule has 9 nitrogen and oxygen atoms in total. The molecular weight excluding hydrogens is 483 g/mol. The summed E-state index contributed by atoms with van der Waals surface area (Å²) in [6, 6.07) is -3.08. The van der Waals surface area contributed by atoms with Crippen LogP contribution in [0.4, 0.5) is 13.2 Å². The predicted octanol–water partition coefficient (Wildman–Crippen LogP) is 1.79. The van der Waals surface area contributed by atoms with E-state index < -0.39 is 60.2 Å². The van der Waals surface area contributed by atoms with Crippen molar-refractivity contribution in [1.82, 2.24) is 15.5 Å². The average molecular weight is 520 g/mol. The van der Waals surface area contributed by atoms with Gasteiger partial charge in [-0.3, -0.25) is 23.9 Å². The Morgan fingerprint density at radius 1 is 1.11 bits per heavy atom. The van der Waals surface area contributed by atoms with E-state index in [0.717, 1.165) is 6.42 Å². The summed E-state index contributed by atoms with van der Waals surface area (Å²) >= 11 is 0. The number of fused-ring (bicyclic) bond motifs is 1. The van der Waals surface area contributed by atoms with Crippen LogP contribution in [0, 0.1) is 22.7 Å². The minimum atomic E-state index is -4.96. The zero-order chi connectivity index (χ0) is 27.2. The molecule has 2 N–H and O–H groups in total. The Bertz CT molecular complexity index is 895. The smallest absolute Gasteiger partial charge is 0.368 e. The fourth-order valence-electron chi connectivity index (χ4n) is 5.30. The number of halogens is 3. The Morgan fingerprint density at radius 2 is 1.75 bits per heavy atom. The van der Waals surface area contributed by atoms with Gasteiger partial charge in [0.25, 0.3) is 0 Å². The second kappa shape index (κ2) is 9.92. The van der Waals surface area contributed by atoms with Crippen molar-refractivity contribution in [2.45, 2.75) is 85.0 Å². The lowest BCUT2D eigenvalue weighted by molar-refractivity contribution is -0.320. The van der Waals surface area contributed by atoms with Crippen molar-refractivity contribution in [1.29, 1.82) is 0 Å². The molecule has 6 atom stereocenters. The predicted molar refractivity (Wildman–Crippen MR) is 121 cm³/mol. The van der Waals surface area contributed by atoms with Gasteiger partial charge in [-0.05, 0) is 42.4 Å². The maximum Gasteiger partial charge on any atom is 0.522 e. The molecule has 3 aliphatic rings. The van der Waals surface area contributed by atoms with Crippen molar-refractivity contribution in [2.75, 3.05) is 19.8 Å². The van der Waals surface area contributed by atoms with Gasteiger partial charge in [-0.1, -0.05) is 34.6 Å². The second-order valence-corrected chi connectivity index (χ2v) is 11.6. The molecule has 0 aromatic rings. The number of carbonyl (C=O) groups excluding carboxylic acids is 4. The summed E-state index contributed by atoms with van der Waals surface area (Å²) in [7, 11) is 0. The molecule has 2 saturated heterocycles. The summed E-state index contributed by atoms with van der Waals surface area (Å²) in [4.78, 5) is 53.3. The number of ketones is 1. The molecule has 0 radical (unpaired) electrons.